The fraction of sp³-hybridized carbons (Fsp3) is 0.174. The van der Waals surface area contributed by atoms with E-state index in [-0.39, 0.29) is 16.6 Å². The van der Waals surface area contributed by atoms with E-state index in [9.17, 15) is 17.6 Å². The van der Waals surface area contributed by atoms with E-state index in [1.165, 1.54) is 24.3 Å². The molecule has 1 amide bonds. The molecule has 0 aromatic heterocycles. The van der Waals surface area contributed by atoms with E-state index >= 15 is 0 Å². The minimum Gasteiger partial charge on any atom is -0.339 e. The van der Waals surface area contributed by atoms with Gasteiger partial charge in [0.25, 0.3) is 15.9 Å². The number of carbonyl (C=O) groups is 1. The third kappa shape index (κ3) is 4.36. The number of rotatable bonds is 5. The summed E-state index contributed by atoms with van der Waals surface area (Å²) in [6.45, 7) is 1.53. The van der Waals surface area contributed by atoms with Crippen LogP contribution in [0.25, 0.3) is 11.1 Å². The largest absolute Gasteiger partial charge is 0.339 e. The Morgan fingerprint density at radius 3 is 2.17 bits per heavy atom. The quantitative estimate of drug-likeness (QED) is 0.654. The van der Waals surface area contributed by atoms with Gasteiger partial charge < -0.3 is 4.90 Å². The van der Waals surface area contributed by atoms with Crippen molar-refractivity contribution < 1.29 is 17.6 Å². The van der Waals surface area contributed by atoms with Gasteiger partial charge in [0.15, 0.2) is 0 Å². The van der Waals surface area contributed by atoms with Gasteiger partial charge in [0.05, 0.1) is 4.90 Å². The standard InChI is InChI=1S/C23H21FN2O3S/c24-20-5-3-4-19(16-20)17-8-12-22(13-9-17)30(28,29)25-21-10-6-18(7-11-21)23(27)26-14-1-2-15-26/h3-13,16,25H,1-2,14-15H2. The van der Waals surface area contributed by atoms with Gasteiger partial charge in [-0.25, -0.2) is 12.8 Å². The highest BCUT2D eigenvalue weighted by Gasteiger charge is 2.20. The van der Waals surface area contributed by atoms with Crippen LogP contribution in [0.3, 0.4) is 0 Å². The Morgan fingerprint density at radius 2 is 1.53 bits per heavy atom. The van der Waals surface area contributed by atoms with Crippen LogP contribution in [0.1, 0.15) is 23.2 Å². The topological polar surface area (TPSA) is 66.5 Å². The van der Waals surface area contributed by atoms with E-state index in [1.807, 2.05) is 0 Å². The predicted octanol–water partition coefficient (Wildman–Crippen LogP) is 4.53. The molecular formula is C23H21FN2O3S. The Morgan fingerprint density at radius 1 is 0.867 bits per heavy atom. The highest BCUT2D eigenvalue weighted by Crippen LogP contribution is 2.24. The second-order valence-electron chi connectivity index (χ2n) is 7.22. The number of benzene rings is 3. The molecule has 30 heavy (non-hydrogen) atoms. The lowest BCUT2D eigenvalue weighted by molar-refractivity contribution is 0.0793. The van der Waals surface area contributed by atoms with Gasteiger partial charge in [-0.05, 0) is 72.5 Å². The van der Waals surface area contributed by atoms with Gasteiger partial charge in [-0.1, -0.05) is 24.3 Å². The van der Waals surface area contributed by atoms with Crippen LogP contribution in [0, 0.1) is 5.82 Å². The van der Waals surface area contributed by atoms with Crippen LogP contribution in [0.15, 0.2) is 77.7 Å². The Bertz CT molecular complexity index is 1150. The highest BCUT2D eigenvalue weighted by molar-refractivity contribution is 7.92. The molecule has 1 aliphatic rings. The van der Waals surface area contributed by atoms with Crippen molar-refractivity contribution in [3.63, 3.8) is 0 Å². The first kappa shape index (κ1) is 20.1. The SMILES string of the molecule is O=C(c1ccc(NS(=O)(=O)c2ccc(-c3cccc(F)c3)cc2)cc1)N1CCCC1. The van der Waals surface area contributed by atoms with Crippen molar-refractivity contribution in [3.8, 4) is 11.1 Å². The lowest BCUT2D eigenvalue weighted by atomic mass is 10.1. The summed E-state index contributed by atoms with van der Waals surface area (Å²) in [6.07, 6.45) is 2.03. The van der Waals surface area contributed by atoms with Crippen molar-refractivity contribution in [2.24, 2.45) is 0 Å². The summed E-state index contributed by atoms with van der Waals surface area (Å²) in [5.74, 6) is -0.382. The maximum Gasteiger partial charge on any atom is 0.261 e. The summed E-state index contributed by atoms with van der Waals surface area (Å²) in [4.78, 5) is 14.3. The van der Waals surface area contributed by atoms with Crippen molar-refractivity contribution in [3.05, 3.63) is 84.2 Å². The molecule has 0 bridgehead atoms. The minimum atomic E-state index is -3.79. The van der Waals surface area contributed by atoms with Gasteiger partial charge in [0, 0.05) is 24.3 Å². The van der Waals surface area contributed by atoms with Crippen LogP contribution in [0.5, 0.6) is 0 Å². The van der Waals surface area contributed by atoms with Gasteiger partial charge in [0.1, 0.15) is 5.82 Å². The van der Waals surface area contributed by atoms with Gasteiger partial charge in [-0.2, -0.15) is 0 Å². The number of amides is 1. The van der Waals surface area contributed by atoms with Gasteiger partial charge in [-0.15, -0.1) is 0 Å². The smallest absolute Gasteiger partial charge is 0.261 e. The molecule has 0 radical (unpaired) electrons. The second-order valence-corrected chi connectivity index (χ2v) is 8.90. The Balaban J connectivity index is 1.48. The highest BCUT2D eigenvalue weighted by atomic mass is 32.2. The first-order valence-electron chi connectivity index (χ1n) is 9.70. The lowest BCUT2D eigenvalue weighted by Gasteiger charge is -2.15. The normalized spacial score (nSPS) is 14.0. The number of nitrogens with zero attached hydrogens (tertiary/aromatic N) is 1. The lowest BCUT2D eigenvalue weighted by Crippen LogP contribution is -2.27. The maximum atomic E-state index is 13.4. The number of nitrogens with one attached hydrogen (secondary N) is 1. The van der Waals surface area contributed by atoms with Crippen molar-refractivity contribution in [2.75, 3.05) is 17.8 Å². The molecule has 1 aliphatic heterocycles. The molecule has 1 saturated heterocycles. The fourth-order valence-corrected chi connectivity index (χ4v) is 4.55. The van der Waals surface area contributed by atoms with E-state index in [0.717, 1.165) is 31.5 Å². The molecule has 1 N–H and O–H groups in total. The van der Waals surface area contributed by atoms with Gasteiger partial charge >= 0.3 is 0 Å². The van der Waals surface area contributed by atoms with Crippen LogP contribution in [-0.2, 0) is 10.0 Å². The van der Waals surface area contributed by atoms with Gasteiger partial charge in [0.2, 0.25) is 0 Å². The zero-order valence-electron chi connectivity index (χ0n) is 16.2. The zero-order chi connectivity index (χ0) is 21.1. The van der Waals surface area contributed by atoms with Crippen LogP contribution >= 0.6 is 0 Å². The van der Waals surface area contributed by atoms with Crippen LogP contribution in [-0.4, -0.2) is 32.3 Å². The summed E-state index contributed by atoms with van der Waals surface area (Å²) < 4.78 is 41.3. The summed E-state index contributed by atoms with van der Waals surface area (Å²) in [5, 5.41) is 0. The molecule has 0 unspecified atom stereocenters. The Kier molecular flexibility index (Phi) is 5.55. The molecule has 0 aliphatic carbocycles. The first-order valence-corrected chi connectivity index (χ1v) is 11.2. The number of sulfonamides is 1. The van der Waals surface area contributed by atoms with Crippen LogP contribution < -0.4 is 4.72 Å². The van der Waals surface area contributed by atoms with E-state index in [0.29, 0.717) is 16.8 Å². The molecule has 5 nitrogen and oxygen atoms in total. The van der Waals surface area contributed by atoms with Crippen LogP contribution in [0.4, 0.5) is 10.1 Å². The summed E-state index contributed by atoms with van der Waals surface area (Å²) in [5.41, 5.74) is 2.31. The molecule has 0 saturated carbocycles. The van der Waals surface area contributed by atoms with Crippen molar-refractivity contribution in [2.45, 2.75) is 17.7 Å². The fourth-order valence-electron chi connectivity index (χ4n) is 3.49. The molecule has 3 aromatic carbocycles. The predicted molar refractivity (Wildman–Crippen MR) is 114 cm³/mol. The average molecular weight is 424 g/mol. The number of hydrogen-bond acceptors (Lipinski definition) is 3. The monoisotopic (exact) mass is 424 g/mol. The average Bonchev–Trinajstić information content (AvgIpc) is 3.29. The number of halogens is 1. The Labute approximate surface area is 175 Å². The number of likely N-dealkylation sites (tertiary alicyclic amines) is 1. The third-order valence-corrected chi connectivity index (χ3v) is 6.50. The summed E-state index contributed by atoms with van der Waals surface area (Å²) >= 11 is 0. The van der Waals surface area contributed by atoms with E-state index < -0.39 is 10.0 Å². The summed E-state index contributed by atoms with van der Waals surface area (Å²) in [6, 6.07) is 18.8. The van der Waals surface area contributed by atoms with Crippen molar-refractivity contribution >= 4 is 21.6 Å². The molecule has 3 aromatic rings. The Hall–Kier alpha value is -3.19. The number of anilines is 1. The van der Waals surface area contributed by atoms with Crippen molar-refractivity contribution in [1.29, 1.82) is 0 Å². The molecule has 1 fully saturated rings. The molecule has 7 heteroatoms. The number of hydrogen-bond donors (Lipinski definition) is 1. The summed E-state index contributed by atoms with van der Waals surface area (Å²) in [7, 11) is -3.79. The molecule has 4 rings (SSSR count). The first-order chi connectivity index (χ1) is 14.4. The van der Waals surface area contributed by atoms with E-state index in [4.69, 9.17) is 0 Å². The zero-order valence-corrected chi connectivity index (χ0v) is 17.0. The molecule has 0 atom stereocenters. The minimum absolute atomic E-state index is 0.0326. The van der Waals surface area contributed by atoms with Crippen LogP contribution in [0.2, 0.25) is 0 Å². The third-order valence-electron chi connectivity index (χ3n) is 5.10. The van der Waals surface area contributed by atoms with Crippen molar-refractivity contribution in [1.82, 2.24) is 4.90 Å². The van der Waals surface area contributed by atoms with Gasteiger partial charge in [-0.3, -0.25) is 9.52 Å². The van der Waals surface area contributed by atoms with E-state index in [1.54, 1.807) is 53.4 Å². The second kappa shape index (κ2) is 8.28. The molecule has 1 heterocycles. The number of carbonyl (C=O) groups excluding carboxylic acids is 1. The molecule has 0 spiro atoms. The molecule has 154 valence electrons. The maximum absolute atomic E-state index is 13.4. The molecular weight excluding hydrogens is 403 g/mol. The van der Waals surface area contributed by atoms with E-state index in [2.05, 4.69) is 4.72 Å².